The van der Waals surface area contributed by atoms with Gasteiger partial charge in [0.25, 0.3) is 0 Å². The van der Waals surface area contributed by atoms with Gasteiger partial charge in [-0.15, -0.1) is 0 Å². The Morgan fingerprint density at radius 3 is 2.25 bits per heavy atom. The van der Waals surface area contributed by atoms with E-state index >= 15 is 4.39 Å². The van der Waals surface area contributed by atoms with Gasteiger partial charge >= 0.3 is 0 Å². The molecule has 3 aromatic carbocycles. The zero-order valence-electron chi connectivity index (χ0n) is 20.2. The quantitative estimate of drug-likeness (QED) is 0.411. The summed E-state index contributed by atoms with van der Waals surface area (Å²) >= 11 is 6.47. The average Bonchev–Trinajstić information content (AvgIpc) is 3.04. The normalized spacial score (nSPS) is 18.9. The highest BCUT2D eigenvalue weighted by atomic mass is 35.5. The number of anilines is 2. The number of hydrogen-bond donors (Lipinski definition) is 2. The van der Waals surface area contributed by atoms with Crippen molar-refractivity contribution in [2.24, 2.45) is 0 Å². The fraction of sp³-hybridized carbons (Fsp3) is 0.250. The van der Waals surface area contributed by atoms with Gasteiger partial charge in [-0.25, -0.2) is 4.39 Å². The molecule has 186 valence electrons. The van der Waals surface area contributed by atoms with E-state index in [9.17, 15) is 4.79 Å². The third kappa shape index (κ3) is 4.13. The molecule has 6 nitrogen and oxygen atoms in total. The molecular weight excluding hydrogens is 483 g/mol. The van der Waals surface area contributed by atoms with Crippen molar-refractivity contribution in [2.75, 3.05) is 32.0 Å². The number of carbonyl (C=O) groups excluding carboxylic acids is 1. The lowest BCUT2D eigenvalue weighted by atomic mass is 9.78. The number of para-hydroxylation sites is 2. The number of fused-ring (bicyclic) bond motifs is 1. The van der Waals surface area contributed by atoms with Crippen LogP contribution in [0.1, 0.15) is 35.9 Å². The largest absolute Gasteiger partial charge is 0.493 e. The molecule has 2 N–H and O–H groups in total. The van der Waals surface area contributed by atoms with Gasteiger partial charge in [-0.1, -0.05) is 29.8 Å². The number of hydrogen-bond acceptors (Lipinski definition) is 6. The summed E-state index contributed by atoms with van der Waals surface area (Å²) in [5, 5.41) is 7.09. The van der Waals surface area contributed by atoms with Crippen LogP contribution in [0, 0.1) is 5.82 Å². The van der Waals surface area contributed by atoms with E-state index in [0.717, 1.165) is 22.6 Å². The average molecular weight is 509 g/mol. The van der Waals surface area contributed by atoms with Crippen molar-refractivity contribution in [3.8, 4) is 17.2 Å². The molecule has 1 aliphatic carbocycles. The molecule has 0 saturated carbocycles. The molecule has 1 heterocycles. The molecule has 0 fully saturated rings. The summed E-state index contributed by atoms with van der Waals surface area (Å²) in [5.41, 5.74) is 3.92. The molecule has 0 bridgehead atoms. The number of carbonyl (C=O) groups is 1. The molecule has 0 unspecified atom stereocenters. The minimum absolute atomic E-state index is 0.0906. The second-order valence-corrected chi connectivity index (χ2v) is 9.17. The van der Waals surface area contributed by atoms with E-state index in [1.165, 1.54) is 6.07 Å². The number of Topliss-reactive ketones (excluding diaryl/α,β-unsaturated/α-hetero) is 1. The van der Waals surface area contributed by atoms with Crippen molar-refractivity contribution in [3.63, 3.8) is 0 Å². The van der Waals surface area contributed by atoms with Crippen LogP contribution in [0.4, 0.5) is 15.8 Å². The Morgan fingerprint density at radius 1 is 0.917 bits per heavy atom. The topological polar surface area (TPSA) is 68.8 Å². The SMILES string of the molecule is COc1cc([C@@H]2CC(=O)C3=C(C2)Nc2ccccc2N[C@@H]3c2c(F)cccc2Cl)cc(OC)c1OC. The minimum atomic E-state index is -0.738. The van der Waals surface area contributed by atoms with Gasteiger partial charge in [0.1, 0.15) is 5.82 Å². The van der Waals surface area contributed by atoms with Crippen LogP contribution in [0.5, 0.6) is 17.2 Å². The van der Waals surface area contributed by atoms with Crippen LogP contribution in [-0.4, -0.2) is 27.1 Å². The maximum Gasteiger partial charge on any atom is 0.203 e. The van der Waals surface area contributed by atoms with E-state index in [4.69, 9.17) is 25.8 Å². The summed E-state index contributed by atoms with van der Waals surface area (Å²) in [6.45, 7) is 0. The summed E-state index contributed by atoms with van der Waals surface area (Å²) in [6.07, 6.45) is 0.762. The fourth-order valence-electron chi connectivity index (χ4n) is 5.07. The first-order valence-electron chi connectivity index (χ1n) is 11.6. The van der Waals surface area contributed by atoms with E-state index in [1.807, 2.05) is 36.4 Å². The predicted molar refractivity (Wildman–Crippen MR) is 138 cm³/mol. The number of ether oxygens (including phenoxy) is 3. The Bertz CT molecular complexity index is 1330. The molecule has 2 aliphatic rings. The summed E-state index contributed by atoms with van der Waals surface area (Å²) in [4.78, 5) is 13.8. The zero-order valence-corrected chi connectivity index (χ0v) is 20.9. The van der Waals surface area contributed by atoms with Crippen molar-refractivity contribution in [1.82, 2.24) is 0 Å². The molecule has 36 heavy (non-hydrogen) atoms. The molecule has 5 rings (SSSR count). The molecule has 0 saturated heterocycles. The molecule has 1 aliphatic heterocycles. The summed E-state index contributed by atoms with van der Waals surface area (Å²) in [5.74, 6) is 0.829. The smallest absolute Gasteiger partial charge is 0.203 e. The summed E-state index contributed by atoms with van der Waals surface area (Å²) in [6, 6.07) is 15.2. The number of benzene rings is 3. The number of allylic oxidation sites excluding steroid dienone is 1. The molecular formula is C28H26ClFN2O4. The van der Waals surface area contributed by atoms with Gasteiger partial charge in [0.2, 0.25) is 5.75 Å². The van der Waals surface area contributed by atoms with E-state index in [-0.39, 0.29) is 28.7 Å². The van der Waals surface area contributed by atoms with Crippen LogP contribution >= 0.6 is 11.6 Å². The van der Waals surface area contributed by atoms with Gasteiger partial charge in [0, 0.05) is 28.3 Å². The molecule has 0 radical (unpaired) electrons. The number of methoxy groups -OCH3 is 3. The Hall–Kier alpha value is -3.71. The number of rotatable bonds is 5. The molecule has 0 amide bonds. The van der Waals surface area contributed by atoms with Crippen LogP contribution < -0.4 is 24.8 Å². The maximum absolute atomic E-state index is 15.1. The predicted octanol–water partition coefficient (Wildman–Crippen LogP) is 6.48. The summed E-state index contributed by atoms with van der Waals surface area (Å²) < 4.78 is 31.6. The van der Waals surface area contributed by atoms with E-state index in [0.29, 0.717) is 29.2 Å². The highest BCUT2D eigenvalue weighted by molar-refractivity contribution is 6.31. The van der Waals surface area contributed by atoms with Crippen molar-refractivity contribution < 1.29 is 23.4 Å². The molecule has 3 aromatic rings. The lowest BCUT2D eigenvalue weighted by molar-refractivity contribution is -0.116. The number of halogens is 2. The van der Waals surface area contributed by atoms with Crippen LogP contribution in [0.3, 0.4) is 0 Å². The third-order valence-corrected chi connectivity index (χ3v) is 7.09. The van der Waals surface area contributed by atoms with E-state index < -0.39 is 11.9 Å². The van der Waals surface area contributed by atoms with Gasteiger partial charge in [-0.05, 0) is 54.3 Å². The first-order valence-corrected chi connectivity index (χ1v) is 12.0. The first kappa shape index (κ1) is 24.0. The van der Waals surface area contributed by atoms with Crippen LogP contribution in [0.25, 0.3) is 0 Å². The van der Waals surface area contributed by atoms with Crippen molar-refractivity contribution in [2.45, 2.75) is 24.8 Å². The maximum atomic E-state index is 15.1. The van der Waals surface area contributed by atoms with Crippen LogP contribution in [-0.2, 0) is 4.79 Å². The second kappa shape index (κ2) is 9.74. The molecule has 0 aromatic heterocycles. The second-order valence-electron chi connectivity index (χ2n) is 8.76. The van der Waals surface area contributed by atoms with E-state index in [2.05, 4.69) is 10.6 Å². The molecule has 2 atom stereocenters. The minimum Gasteiger partial charge on any atom is -0.493 e. The van der Waals surface area contributed by atoms with Crippen molar-refractivity contribution in [3.05, 3.63) is 87.8 Å². The van der Waals surface area contributed by atoms with Gasteiger partial charge in [-0.2, -0.15) is 0 Å². The Kier molecular flexibility index (Phi) is 6.49. The Labute approximate surface area is 214 Å². The highest BCUT2D eigenvalue weighted by Gasteiger charge is 2.38. The van der Waals surface area contributed by atoms with Gasteiger partial charge < -0.3 is 24.8 Å². The highest BCUT2D eigenvalue weighted by Crippen LogP contribution is 2.48. The van der Waals surface area contributed by atoms with Crippen LogP contribution in [0.15, 0.2) is 65.9 Å². The molecule has 8 heteroatoms. The number of nitrogens with one attached hydrogen (secondary N) is 2. The Morgan fingerprint density at radius 2 is 1.61 bits per heavy atom. The fourth-order valence-corrected chi connectivity index (χ4v) is 5.34. The molecule has 0 spiro atoms. The standard InChI is InChI=1S/C28H26ClFN2O4/c1-34-23-13-16(14-24(35-2)28(23)36-3)15-11-21-26(22(33)12-15)27(25-17(29)7-6-8-18(25)30)32-20-10-5-4-9-19(20)31-21/h4-10,13-15,27,31-32H,11-12H2,1-3H3/t15-,27+/m0/s1. The zero-order chi connectivity index (χ0) is 25.4. The summed E-state index contributed by atoms with van der Waals surface area (Å²) in [7, 11) is 4.67. The van der Waals surface area contributed by atoms with Gasteiger partial charge in [0.15, 0.2) is 17.3 Å². The Balaban J connectivity index is 1.63. The third-order valence-electron chi connectivity index (χ3n) is 6.76. The van der Waals surface area contributed by atoms with Crippen molar-refractivity contribution >= 4 is 28.8 Å². The monoisotopic (exact) mass is 508 g/mol. The van der Waals surface area contributed by atoms with Crippen LogP contribution in [0.2, 0.25) is 5.02 Å². The van der Waals surface area contributed by atoms with E-state index in [1.54, 1.807) is 33.5 Å². The van der Waals surface area contributed by atoms with Gasteiger partial charge in [0.05, 0.1) is 38.7 Å². The lowest BCUT2D eigenvalue weighted by Crippen LogP contribution is -2.27. The number of ketones is 1. The van der Waals surface area contributed by atoms with Crippen molar-refractivity contribution in [1.29, 1.82) is 0 Å². The lowest BCUT2D eigenvalue weighted by Gasteiger charge is -2.30. The first-order chi connectivity index (χ1) is 17.4. The van der Waals surface area contributed by atoms with Gasteiger partial charge in [-0.3, -0.25) is 4.79 Å².